The Labute approximate surface area is 142 Å². The van der Waals surface area contributed by atoms with Crippen LogP contribution in [0.1, 0.15) is 21.5 Å². The molecule has 0 fully saturated rings. The van der Waals surface area contributed by atoms with Crippen molar-refractivity contribution in [2.45, 2.75) is 0 Å². The normalized spacial score (nSPS) is 11.2. The zero-order valence-electron chi connectivity index (χ0n) is 12.9. The van der Waals surface area contributed by atoms with Crippen molar-refractivity contribution in [3.8, 4) is 0 Å². The third-order valence-electron chi connectivity index (χ3n) is 3.35. The van der Waals surface area contributed by atoms with E-state index in [9.17, 15) is 13.6 Å². The standard InChI is InChI=1S/C19H12F2N2O2/c20-16-7-3-13(4-8-16)18(15-2-1-11-22-12-15)23-25-19(24)14-5-9-17(21)10-6-14/h1-12H/b23-18+. The molecule has 0 N–H and O–H groups in total. The largest absolute Gasteiger partial charge is 0.365 e. The topological polar surface area (TPSA) is 51.5 Å². The lowest BCUT2D eigenvalue weighted by Crippen LogP contribution is -2.08. The lowest BCUT2D eigenvalue weighted by molar-refractivity contribution is 0.0517. The van der Waals surface area contributed by atoms with E-state index in [1.54, 1.807) is 24.5 Å². The SMILES string of the molecule is O=C(O/N=C(\c1ccc(F)cc1)c1cccnc1)c1ccc(F)cc1. The zero-order valence-corrected chi connectivity index (χ0v) is 12.9. The van der Waals surface area contributed by atoms with Gasteiger partial charge in [-0.15, -0.1) is 0 Å². The van der Waals surface area contributed by atoms with E-state index in [4.69, 9.17) is 4.84 Å². The average Bonchev–Trinajstić information content (AvgIpc) is 2.64. The number of carbonyl (C=O) groups is 1. The first kappa shape index (κ1) is 16.4. The molecule has 0 radical (unpaired) electrons. The Kier molecular flexibility index (Phi) is 4.89. The van der Waals surface area contributed by atoms with Crippen molar-refractivity contribution in [3.05, 3.63) is 101 Å². The Morgan fingerprint density at radius 3 is 2.00 bits per heavy atom. The molecule has 0 aliphatic rings. The summed E-state index contributed by atoms with van der Waals surface area (Å²) in [6.07, 6.45) is 3.14. The number of halogens is 2. The van der Waals surface area contributed by atoms with Gasteiger partial charge in [0.15, 0.2) is 0 Å². The van der Waals surface area contributed by atoms with Crippen LogP contribution in [-0.2, 0) is 4.84 Å². The predicted octanol–water partition coefficient (Wildman–Crippen LogP) is 3.97. The van der Waals surface area contributed by atoms with Crippen LogP contribution >= 0.6 is 0 Å². The summed E-state index contributed by atoms with van der Waals surface area (Å²) in [5.41, 5.74) is 1.64. The summed E-state index contributed by atoms with van der Waals surface area (Å²) in [4.78, 5) is 21.0. The monoisotopic (exact) mass is 338 g/mol. The fraction of sp³-hybridized carbons (Fsp3) is 0. The fourth-order valence-corrected chi connectivity index (χ4v) is 2.11. The number of rotatable bonds is 4. The van der Waals surface area contributed by atoms with Crippen LogP contribution in [0.25, 0.3) is 0 Å². The second kappa shape index (κ2) is 7.44. The van der Waals surface area contributed by atoms with Crippen molar-refractivity contribution < 1.29 is 18.4 Å². The van der Waals surface area contributed by atoms with Gasteiger partial charge in [0, 0.05) is 23.5 Å². The number of carbonyl (C=O) groups excluding carboxylic acids is 1. The van der Waals surface area contributed by atoms with Crippen molar-refractivity contribution in [2.75, 3.05) is 0 Å². The van der Waals surface area contributed by atoms with Gasteiger partial charge >= 0.3 is 5.97 Å². The van der Waals surface area contributed by atoms with Gasteiger partial charge in [-0.25, -0.2) is 13.6 Å². The van der Waals surface area contributed by atoms with Crippen LogP contribution in [0.5, 0.6) is 0 Å². The molecule has 0 saturated carbocycles. The molecular formula is C19H12F2N2O2. The van der Waals surface area contributed by atoms with E-state index in [0.717, 1.165) is 12.1 Å². The molecule has 25 heavy (non-hydrogen) atoms. The van der Waals surface area contributed by atoms with E-state index in [1.165, 1.54) is 36.4 Å². The number of aromatic nitrogens is 1. The molecule has 0 aliphatic carbocycles. The molecule has 0 spiro atoms. The Morgan fingerprint density at radius 2 is 1.44 bits per heavy atom. The Morgan fingerprint density at radius 1 is 0.840 bits per heavy atom. The van der Waals surface area contributed by atoms with E-state index in [0.29, 0.717) is 16.8 Å². The molecule has 124 valence electrons. The van der Waals surface area contributed by atoms with Crippen molar-refractivity contribution in [2.24, 2.45) is 5.16 Å². The lowest BCUT2D eigenvalue weighted by Gasteiger charge is -2.06. The maximum Gasteiger partial charge on any atom is 0.365 e. The van der Waals surface area contributed by atoms with E-state index in [2.05, 4.69) is 10.1 Å². The van der Waals surface area contributed by atoms with Gasteiger partial charge in [0.25, 0.3) is 0 Å². The summed E-state index contributed by atoms with van der Waals surface area (Å²) in [6.45, 7) is 0. The third-order valence-corrected chi connectivity index (χ3v) is 3.35. The fourth-order valence-electron chi connectivity index (χ4n) is 2.11. The minimum Gasteiger partial charge on any atom is -0.312 e. The summed E-state index contributed by atoms with van der Waals surface area (Å²) in [5, 5.41) is 3.90. The van der Waals surface area contributed by atoms with Gasteiger partial charge in [-0.1, -0.05) is 5.16 Å². The molecule has 1 heterocycles. The second-order valence-electron chi connectivity index (χ2n) is 5.07. The molecule has 0 atom stereocenters. The minimum atomic E-state index is -0.733. The Bertz CT molecular complexity index is 893. The number of nitrogens with zero attached hydrogens (tertiary/aromatic N) is 2. The minimum absolute atomic E-state index is 0.162. The van der Waals surface area contributed by atoms with Crippen LogP contribution in [0.4, 0.5) is 8.78 Å². The van der Waals surface area contributed by atoms with Crippen molar-refractivity contribution in [1.82, 2.24) is 4.98 Å². The van der Waals surface area contributed by atoms with Gasteiger partial charge in [0.1, 0.15) is 17.3 Å². The summed E-state index contributed by atoms with van der Waals surface area (Å²) in [5.74, 6) is -1.58. The zero-order chi connectivity index (χ0) is 17.6. The van der Waals surface area contributed by atoms with Gasteiger partial charge in [0.2, 0.25) is 0 Å². The van der Waals surface area contributed by atoms with Crippen LogP contribution < -0.4 is 0 Å². The molecule has 0 saturated heterocycles. The van der Waals surface area contributed by atoms with E-state index in [1.807, 2.05) is 0 Å². The third kappa shape index (κ3) is 4.11. The molecule has 0 amide bonds. The van der Waals surface area contributed by atoms with Gasteiger partial charge in [-0.2, -0.15) is 0 Å². The van der Waals surface area contributed by atoms with E-state index >= 15 is 0 Å². The summed E-state index contributed by atoms with van der Waals surface area (Å²) < 4.78 is 26.1. The van der Waals surface area contributed by atoms with Crippen LogP contribution in [0.15, 0.2) is 78.2 Å². The van der Waals surface area contributed by atoms with Crippen LogP contribution in [0.3, 0.4) is 0 Å². The summed E-state index contributed by atoms with van der Waals surface area (Å²) in [7, 11) is 0. The van der Waals surface area contributed by atoms with Gasteiger partial charge in [-0.3, -0.25) is 4.98 Å². The molecule has 0 bridgehead atoms. The predicted molar refractivity (Wildman–Crippen MR) is 88.1 cm³/mol. The van der Waals surface area contributed by atoms with E-state index < -0.39 is 17.6 Å². The maximum absolute atomic E-state index is 13.2. The highest BCUT2D eigenvalue weighted by Crippen LogP contribution is 2.13. The molecule has 1 aromatic heterocycles. The first-order chi connectivity index (χ1) is 12.1. The molecule has 0 unspecified atom stereocenters. The number of benzene rings is 2. The molecule has 4 nitrogen and oxygen atoms in total. The van der Waals surface area contributed by atoms with Gasteiger partial charge in [0.05, 0.1) is 5.56 Å². The highest BCUT2D eigenvalue weighted by molar-refractivity contribution is 6.12. The highest BCUT2D eigenvalue weighted by Gasteiger charge is 2.12. The molecule has 2 aromatic carbocycles. The van der Waals surface area contributed by atoms with Crippen molar-refractivity contribution in [3.63, 3.8) is 0 Å². The quantitative estimate of drug-likeness (QED) is 0.411. The Balaban J connectivity index is 1.91. The van der Waals surface area contributed by atoms with Crippen molar-refractivity contribution >= 4 is 11.7 Å². The lowest BCUT2D eigenvalue weighted by atomic mass is 10.0. The average molecular weight is 338 g/mol. The van der Waals surface area contributed by atoms with Crippen LogP contribution in [-0.4, -0.2) is 16.7 Å². The summed E-state index contributed by atoms with van der Waals surface area (Å²) in [6, 6.07) is 14.0. The Hall–Kier alpha value is -3.41. The smallest absolute Gasteiger partial charge is 0.312 e. The number of oxime groups is 1. The van der Waals surface area contributed by atoms with Crippen LogP contribution in [0, 0.1) is 11.6 Å². The molecule has 6 heteroatoms. The van der Waals surface area contributed by atoms with Crippen LogP contribution in [0.2, 0.25) is 0 Å². The van der Waals surface area contributed by atoms with Gasteiger partial charge < -0.3 is 4.84 Å². The second-order valence-corrected chi connectivity index (χ2v) is 5.07. The maximum atomic E-state index is 13.2. The molecule has 0 aliphatic heterocycles. The summed E-state index contributed by atoms with van der Waals surface area (Å²) >= 11 is 0. The molecule has 3 aromatic rings. The highest BCUT2D eigenvalue weighted by atomic mass is 19.1. The van der Waals surface area contributed by atoms with Gasteiger partial charge in [-0.05, 0) is 60.7 Å². The number of hydrogen-bond acceptors (Lipinski definition) is 4. The number of hydrogen-bond donors (Lipinski definition) is 0. The molecular weight excluding hydrogens is 326 g/mol. The first-order valence-electron chi connectivity index (χ1n) is 7.35. The van der Waals surface area contributed by atoms with Crippen molar-refractivity contribution in [1.29, 1.82) is 0 Å². The first-order valence-corrected chi connectivity index (χ1v) is 7.35. The number of pyridine rings is 1. The van der Waals surface area contributed by atoms with E-state index in [-0.39, 0.29) is 5.56 Å². The molecule has 3 rings (SSSR count).